The SMILES string of the molecule is COc1cccc(C(CNC(=O)Cn2[nH]c(=O)c3ccccc3c2=O)N(C)C)c1. The van der Waals surface area contributed by atoms with Crippen molar-refractivity contribution >= 4 is 16.7 Å². The van der Waals surface area contributed by atoms with E-state index in [9.17, 15) is 14.4 Å². The average molecular weight is 396 g/mol. The number of benzene rings is 2. The van der Waals surface area contributed by atoms with E-state index in [0.717, 1.165) is 16.0 Å². The van der Waals surface area contributed by atoms with Gasteiger partial charge in [-0.3, -0.25) is 19.5 Å². The second-order valence-corrected chi connectivity index (χ2v) is 6.94. The number of aromatic nitrogens is 2. The van der Waals surface area contributed by atoms with Crippen LogP contribution in [0.25, 0.3) is 10.8 Å². The van der Waals surface area contributed by atoms with E-state index in [0.29, 0.717) is 11.9 Å². The number of rotatable bonds is 7. The number of methoxy groups -OCH3 is 1. The molecule has 1 aromatic heterocycles. The lowest BCUT2D eigenvalue weighted by molar-refractivity contribution is -0.122. The lowest BCUT2D eigenvalue weighted by Gasteiger charge is -2.25. The monoisotopic (exact) mass is 396 g/mol. The van der Waals surface area contributed by atoms with E-state index < -0.39 is 11.1 Å². The van der Waals surface area contributed by atoms with Crippen molar-refractivity contribution in [2.75, 3.05) is 27.7 Å². The van der Waals surface area contributed by atoms with Crippen LogP contribution >= 0.6 is 0 Å². The molecule has 3 rings (SSSR count). The van der Waals surface area contributed by atoms with Crippen LogP contribution in [0.5, 0.6) is 5.75 Å². The second kappa shape index (κ2) is 8.74. The van der Waals surface area contributed by atoms with E-state index >= 15 is 0 Å². The van der Waals surface area contributed by atoms with Gasteiger partial charge in [-0.2, -0.15) is 0 Å². The fourth-order valence-electron chi connectivity index (χ4n) is 3.22. The van der Waals surface area contributed by atoms with Crippen LogP contribution < -0.4 is 21.2 Å². The summed E-state index contributed by atoms with van der Waals surface area (Å²) < 4.78 is 6.31. The summed E-state index contributed by atoms with van der Waals surface area (Å²) in [5.74, 6) is 0.369. The van der Waals surface area contributed by atoms with Gasteiger partial charge >= 0.3 is 0 Å². The molecule has 0 saturated heterocycles. The lowest BCUT2D eigenvalue weighted by atomic mass is 10.1. The Balaban J connectivity index is 1.75. The normalized spacial score (nSPS) is 12.1. The Hall–Kier alpha value is -3.39. The van der Waals surface area contributed by atoms with Crippen LogP contribution in [0.4, 0.5) is 0 Å². The summed E-state index contributed by atoms with van der Waals surface area (Å²) in [6.07, 6.45) is 0. The highest BCUT2D eigenvalue weighted by molar-refractivity contribution is 5.81. The van der Waals surface area contributed by atoms with E-state index in [4.69, 9.17) is 4.74 Å². The van der Waals surface area contributed by atoms with Crippen molar-refractivity contribution < 1.29 is 9.53 Å². The average Bonchev–Trinajstić information content (AvgIpc) is 2.72. The van der Waals surface area contributed by atoms with Crippen molar-refractivity contribution in [3.63, 3.8) is 0 Å². The molecule has 1 atom stereocenters. The van der Waals surface area contributed by atoms with Crippen molar-refractivity contribution in [3.05, 3.63) is 74.8 Å². The van der Waals surface area contributed by atoms with Gasteiger partial charge in [-0.05, 0) is 43.9 Å². The van der Waals surface area contributed by atoms with Gasteiger partial charge in [0.05, 0.1) is 23.9 Å². The van der Waals surface area contributed by atoms with Crippen LogP contribution in [0.3, 0.4) is 0 Å². The number of nitrogens with one attached hydrogen (secondary N) is 2. The van der Waals surface area contributed by atoms with Gasteiger partial charge in [0, 0.05) is 6.54 Å². The Labute approximate surface area is 167 Å². The van der Waals surface area contributed by atoms with Crippen LogP contribution in [-0.2, 0) is 11.3 Å². The molecule has 0 saturated carbocycles. The van der Waals surface area contributed by atoms with E-state index in [1.165, 1.54) is 0 Å². The summed E-state index contributed by atoms with van der Waals surface area (Å²) in [5.41, 5.74) is 0.175. The van der Waals surface area contributed by atoms with Gasteiger partial charge < -0.3 is 15.0 Å². The summed E-state index contributed by atoms with van der Waals surface area (Å²) in [7, 11) is 5.44. The Morgan fingerprint density at radius 3 is 2.55 bits per heavy atom. The van der Waals surface area contributed by atoms with Crippen LogP contribution in [0.15, 0.2) is 58.1 Å². The molecule has 3 aromatic rings. The number of ether oxygens (including phenoxy) is 1. The summed E-state index contributed by atoms with van der Waals surface area (Å²) >= 11 is 0. The minimum Gasteiger partial charge on any atom is -0.497 e. The fourth-order valence-corrected chi connectivity index (χ4v) is 3.22. The molecule has 2 N–H and O–H groups in total. The fraction of sp³-hybridized carbons (Fsp3) is 0.286. The molecular weight excluding hydrogens is 372 g/mol. The standard InChI is InChI=1S/C21H24N4O4/c1-24(2)18(14-7-6-8-15(11-14)29-3)12-22-19(26)13-25-21(28)17-10-5-4-9-16(17)20(27)23-25/h4-11,18H,12-13H2,1-3H3,(H,22,26)(H,23,27). The number of fused-ring (bicyclic) bond motifs is 1. The molecule has 1 unspecified atom stereocenters. The molecule has 1 amide bonds. The Bertz CT molecular complexity index is 1130. The van der Waals surface area contributed by atoms with E-state index in [-0.39, 0.29) is 23.9 Å². The van der Waals surface area contributed by atoms with Crippen molar-refractivity contribution in [2.45, 2.75) is 12.6 Å². The summed E-state index contributed by atoms with van der Waals surface area (Å²) in [6, 6.07) is 14.1. The van der Waals surface area contributed by atoms with Crippen molar-refractivity contribution in [2.24, 2.45) is 0 Å². The molecule has 152 valence electrons. The van der Waals surface area contributed by atoms with Gasteiger partial charge in [0.15, 0.2) is 0 Å². The first kappa shape index (κ1) is 20.3. The Morgan fingerprint density at radius 2 is 1.86 bits per heavy atom. The highest BCUT2D eigenvalue weighted by atomic mass is 16.5. The smallest absolute Gasteiger partial charge is 0.273 e. The van der Waals surface area contributed by atoms with E-state index in [2.05, 4.69) is 10.4 Å². The van der Waals surface area contributed by atoms with Gasteiger partial charge in [0.2, 0.25) is 5.91 Å². The quantitative estimate of drug-likeness (QED) is 0.624. The summed E-state index contributed by atoms with van der Waals surface area (Å²) in [4.78, 5) is 39.2. The van der Waals surface area contributed by atoms with Crippen LogP contribution in [0.2, 0.25) is 0 Å². The third-order valence-electron chi connectivity index (χ3n) is 4.78. The molecular formula is C21H24N4O4. The van der Waals surface area contributed by atoms with Gasteiger partial charge in [-0.1, -0.05) is 24.3 Å². The van der Waals surface area contributed by atoms with Gasteiger partial charge in [0.1, 0.15) is 12.3 Å². The van der Waals surface area contributed by atoms with E-state index in [1.54, 1.807) is 31.4 Å². The first-order valence-electron chi connectivity index (χ1n) is 9.19. The maximum absolute atomic E-state index is 12.5. The molecule has 0 aliphatic carbocycles. The number of hydrogen-bond acceptors (Lipinski definition) is 5. The molecule has 0 radical (unpaired) electrons. The number of carbonyl (C=O) groups excluding carboxylic acids is 1. The molecule has 0 bridgehead atoms. The zero-order valence-electron chi connectivity index (χ0n) is 16.6. The maximum Gasteiger partial charge on any atom is 0.273 e. The largest absolute Gasteiger partial charge is 0.497 e. The highest BCUT2D eigenvalue weighted by Gasteiger charge is 2.17. The number of likely N-dealkylation sites (N-methyl/N-ethyl adjacent to an activating group) is 1. The number of nitrogens with zero attached hydrogens (tertiary/aromatic N) is 2. The summed E-state index contributed by atoms with van der Waals surface area (Å²) in [6.45, 7) is 0.0722. The second-order valence-electron chi connectivity index (χ2n) is 6.94. The number of aromatic amines is 1. The predicted octanol–water partition coefficient (Wildman–Crippen LogP) is 1.12. The predicted molar refractivity (Wildman–Crippen MR) is 111 cm³/mol. The van der Waals surface area contributed by atoms with Gasteiger partial charge in [-0.15, -0.1) is 0 Å². The number of amides is 1. The first-order chi connectivity index (χ1) is 13.9. The number of hydrogen-bond donors (Lipinski definition) is 2. The zero-order chi connectivity index (χ0) is 21.0. The molecule has 0 fully saturated rings. The van der Waals surface area contributed by atoms with Gasteiger partial charge in [0.25, 0.3) is 11.1 Å². The molecule has 1 heterocycles. The molecule has 0 aliphatic rings. The molecule has 0 aliphatic heterocycles. The zero-order valence-corrected chi connectivity index (χ0v) is 16.6. The number of H-pyrrole nitrogens is 1. The topological polar surface area (TPSA) is 96.4 Å². The molecule has 0 spiro atoms. The first-order valence-corrected chi connectivity index (χ1v) is 9.19. The van der Waals surface area contributed by atoms with Crippen molar-refractivity contribution in [3.8, 4) is 5.75 Å². The summed E-state index contributed by atoms with van der Waals surface area (Å²) in [5, 5.41) is 5.90. The minimum atomic E-state index is -0.410. The lowest BCUT2D eigenvalue weighted by Crippen LogP contribution is -2.39. The van der Waals surface area contributed by atoms with Crippen molar-refractivity contribution in [1.29, 1.82) is 0 Å². The van der Waals surface area contributed by atoms with E-state index in [1.807, 2.05) is 43.3 Å². The Kier molecular flexibility index (Phi) is 6.13. The molecule has 8 heteroatoms. The minimum absolute atomic E-state index is 0.0820. The van der Waals surface area contributed by atoms with Crippen LogP contribution in [0.1, 0.15) is 11.6 Å². The molecule has 29 heavy (non-hydrogen) atoms. The van der Waals surface area contributed by atoms with Crippen molar-refractivity contribution in [1.82, 2.24) is 20.0 Å². The van der Waals surface area contributed by atoms with Crippen LogP contribution in [0, 0.1) is 0 Å². The molecule has 2 aromatic carbocycles. The number of carbonyl (C=O) groups is 1. The van der Waals surface area contributed by atoms with Crippen LogP contribution in [-0.4, -0.2) is 48.3 Å². The highest BCUT2D eigenvalue weighted by Crippen LogP contribution is 2.22. The Morgan fingerprint density at radius 1 is 1.14 bits per heavy atom. The molecule has 8 nitrogen and oxygen atoms in total. The van der Waals surface area contributed by atoms with Gasteiger partial charge in [-0.25, -0.2) is 4.68 Å². The third kappa shape index (κ3) is 4.55. The maximum atomic E-state index is 12.5. The third-order valence-corrected chi connectivity index (χ3v) is 4.78.